The molecule has 4 heteroatoms. The zero-order valence-corrected chi connectivity index (χ0v) is 14.8. The minimum atomic E-state index is -1.23. The summed E-state index contributed by atoms with van der Waals surface area (Å²) in [6.45, 7) is 1.98. The van der Waals surface area contributed by atoms with Crippen molar-refractivity contribution in [3.63, 3.8) is 0 Å². The van der Waals surface area contributed by atoms with E-state index in [2.05, 4.69) is 24.3 Å². The van der Waals surface area contributed by atoms with Gasteiger partial charge in [0.1, 0.15) is 0 Å². The van der Waals surface area contributed by atoms with Crippen LogP contribution in [0.5, 0.6) is 0 Å². The first kappa shape index (κ1) is 17.4. The average Bonchev–Trinajstić information content (AvgIpc) is 3.13. The highest BCUT2D eigenvalue weighted by molar-refractivity contribution is 7.12. The van der Waals surface area contributed by atoms with Crippen molar-refractivity contribution in [1.82, 2.24) is 0 Å². The van der Waals surface area contributed by atoms with Gasteiger partial charge in [0, 0.05) is 15.7 Å². The Bertz CT molecular complexity index is 772. The molecule has 0 aliphatic carbocycles. The van der Waals surface area contributed by atoms with Crippen molar-refractivity contribution < 1.29 is 14.6 Å². The first-order chi connectivity index (χ1) is 12.2. The van der Waals surface area contributed by atoms with E-state index in [-0.39, 0.29) is 12.5 Å². The van der Waals surface area contributed by atoms with Gasteiger partial charge in [-0.15, -0.1) is 11.3 Å². The summed E-state index contributed by atoms with van der Waals surface area (Å²) in [5.41, 5.74) is 2.35. The predicted octanol–water partition coefficient (Wildman–Crippen LogP) is 4.52. The highest BCUT2D eigenvalue weighted by Gasteiger charge is 2.24. The minimum Gasteiger partial charge on any atom is -0.464 e. The molecule has 0 aliphatic rings. The van der Waals surface area contributed by atoms with E-state index in [1.54, 1.807) is 13.0 Å². The number of benzene rings is 2. The monoisotopic (exact) mass is 352 g/mol. The molecule has 0 radical (unpaired) electrons. The number of esters is 1. The smallest absolute Gasteiger partial charge is 0.340 e. The lowest BCUT2D eigenvalue weighted by Crippen LogP contribution is -2.14. The second kappa shape index (κ2) is 8.10. The Morgan fingerprint density at radius 1 is 0.920 bits per heavy atom. The van der Waals surface area contributed by atoms with Gasteiger partial charge in [-0.25, -0.2) is 4.79 Å². The first-order valence-corrected chi connectivity index (χ1v) is 9.06. The molecule has 0 fully saturated rings. The largest absolute Gasteiger partial charge is 0.464 e. The van der Waals surface area contributed by atoms with Gasteiger partial charge in [-0.1, -0.05) is 60.7 Å². The lowest BCUT2D eigenvalue weighted by atomic mass is 9.90. The van der Waals surface area contributed by atoms with Crippen LogP contribution in [-0.4, -0.2) is 17.7 Å². The standard InChI is InChI=1S/C21H20O3S/c1-2-24-21(23)20(22)18-14-13-17(25-18)19(15-9-5-3-6-10-15)16-11-7-4-8-12-16/h3-14,19-20,22H,2H2,1H3/t20-/m0/s1. The second-order valence-electron chi connectivity index (χ2n) is 5.65. The number of ether oxygens (including phenoxy) is 1. The Morgan fingerprint density at radius 3 is 1.96 bits per heavy atom. The van der Waals surface area contributed by atoms with Gasteiger partial charge < -0.3 is 9.84 Å². The SMILES string of the molecule is CCOC(=O)[C@@H](O)c1ccc(C(c2ccccc2)c2ccccc2)s1. The van der Waals surface area contributed by atoms with Gasteiger partial charge in [0.05, 0.1) is 6.61 Å². The maximum Gasteiger partial charge on any atom is 0.340 e. The lowest BCUT2D eigenvalue weighted by Gasteiger charge is -2.17. The Hall–Kier alpha value is -2.43. The first-order valence-electron chi connectivity index (χ1n) is 8.25. The van der Waals surface area contributed by atoms with Crippen molar-refractivity contribution in [2.45, 2.75) is 18.9 Å². The van der Waals surface area contributed by atoms with Gasteiger partial charge in [0.2, 0.25) is 0 Å². The highest BCUT2D eigenvalue weighted by Crippen LogP contribution is 2.37. The Morgan fingerprint density at radius 2 is 1.44 bits per heavy atom. The molecule has 2 aromatic carbocycles. The molecule has 25 heavy (non-hydrogen) atoms. The van der Waals surface area contributed by atoms with Gasteiger partial charge in [0.25, 0.3) is 0 Å². The quantitative estimate of drug-likeness (QED) is 0.663. The number of hydrogen-bond acceptors (Lipinski definition) is 4. The summed E-state index contributed by atoms with van der Waals surface area (Å²) in [6.07, 6.45) is -1.23. The molecule has 3 nitrogen and oxygen atoms in total. The summed E-state index contributed by atoms with van der Waals surface area (Å²) in [5, 5.41) is 10.2. The minimum absolute atomic E-state index is 0.0653. The predicted molar refractivity (Wildman–Crippen MR) is 99.7 cm³/mol. The third-order valence-corrected chi connectivity index (χ3v) is 5.18. The molecule has 0 unspecified atom stereocenters. The molecule has 0 amide bonds. The van der Waals surface area contributed by atoms with Crippen LogP contribution in [0.15, 0.2) is 72.8 Å². The maximum atomic E-state index is 11.8. The van der Waals surface area contributed by atoms with Crippen LogP contribution in [0.2, 0.25) is 0 Å². The van der Waals surface area contributed by atoms with Crippen LogP contribution in [-0.2, 0) is 9.53 Å². The summed E-state index contributed by atoms with van der Waals surface area (Å²) in [7, 11) is 0. The number of carbonyl (C=O) groups excluding carboxylic acids is 1. The molecule has 0 spiro atoms. The number of aliphatic hydroxyl groups excluding tert-OH is 1. The van der Waals surface area contributed by atoms with Crippen LogP contribution >= 0.6 is 11.3 Å². The second-order valence-corrected chi connectivity index (χ2v) is 6.80. The summed E-state index contributed by atoms with van der Waals surface area (Å²) < 4.78 is 4.91. The fourth-order valence-electron chi connectivity index (χ4n) is 2.82. The van der Waals surface area contributed by atoms with E-state index in [4.69, 9.17) is 4.74 Å². The summed E-state index contributed by atoms with van der Waals surface area (Å²) in [5.74, 6) is -0.539. The van der Waals surface area contributed by atoms with E-state index in [9.17, 15) is 9.90 Å². The molecule has 1 aromatic heterocycles. The third-order valence-electron chi connectivity index (χ3n) is 3.98. The van der Waals surface area contributed by atoms with E-state index in [1.807, 2.05) is 42.5 Å². The van der Waals surface area contributed by atoms with E-state index in [1.165, 1.54) is 22.5 Å². The molecule has 0 aliphatic heterocycles. The van der Waals surface area contributed by atoms with Crippen molar-refractivity contribution >= 4 is 17.3 Å². The van der Waals surface area contributed by atoms with Crippen LogP contribution in [0.1, 0.15) is 39.8 Å². The zero-order chi connectivity index (χ0) is 17.6. The van der Waals surface area contributed by atoms with E-state index < -0.39 is 12.1 Å². The highest BCUT2D eigenvalue weighted by atomic mass is 32.1. The fourth-order valence-corrected chi connectivity index (χ4v) is 3.96. The van der Waals surface area contributed by atoms with Gasteiger partial charge in [-0.3, -0.25) is 0 Å². The summed E-state index contributed by atoms with van der Waals surface area (Å²) in [4.78, 5) is 13.5. The zero-order valence-electron chi connectivity index (χ0n) is 14.0. The molecule has 0 saturated carbocycles. The summed E-state index contributed by atoms with van der Waals surface area (Å²) >= 11 is 1.44. The molecule has 128 valence electrons. The Balaban J connectivity index is 1.97. The van der Waals surface area contributed by atoms with Crippen LogP contribution in [0.4, 0.5) is 0 Å². The van der Waals surface area contributed by atoms with Gasteiger partial charge >= 0.3 is 5.97 Å². The van der Waals surface area contributed by atoms with Crippen molar-refractivity contribution in [3.05, 3.63) is 93.7 Å². The number of rotatable bonds is 6. The lowest BCUT2D eigenvalue weighted by molar-refractivity contribution is -0.153. The Labute approximate surface area is 151 Å². The van der Waals surface area contributed by atoms with Gasteiger partial charge in [0.15, 0.2) is 6.10 Å². The molecule has 1 N–H and O–H groups in total. The normalized spacial score (nSPS) is 12.1. The topological polar surface area (TPSA) is 46.5 Å². The molecule has 3 rings (SSSR count). The van der Waals surface area contributed by atoms with E-state index in [0.717, 1.165) is 4.88 Å². The van der Waals surface area contributed by atoms with Crippen LogP contribution in [0.25, 0.3) is 0 Å². The molecular formula is C21H20O3S. The molecule has 1 heterocycles. The third kappa shape index (κ3) is 3.98. The molecular weight excluding hydrogens is 332 g/mol. The molecule has 0 bridgehead atoms. The van der Waals surface area contributed by atoms with Crippen molar-refractivity contribution in [3.8, 4) is 0 Å². The Kier molecular flexibility index (Phi) is 5.64. The fraction of sp³-hybridized carbons (Fsp3) is 0.190. The average molecular weight is 352 g/mol. The van der Waals surface area contributed by atoms with Crippen molar-refractivity contribution in [2.75, 3.05) is 6.61 Å². The molecule has 3 aromatic rings. The number of aliphatic hydroxyl groups is 1. The van der Waals surface area contributed by atoms with Crippen molar-refractivity contribution in [1.29, 1.82) is 0 Å². The van der Waals surface area contributed by atoms with Crippen LogP contribution in [0.3, 0.4) is 0 Å². The van der Waals surface area contributed by atoms with Crippen LogP contribution in [0, 0.1) is 0 Å². The van der Waals surface area contributed by atoms with E-state index >= 15 is 0 Å². The number of carbonyl (C=O) groups is 1. The summed E-state index contributed by atoms with van der Waals surface area (Å²) in [6, 6.07) is 24.2. The van der Waals surface area contributed by atoms with Gasteiger partial charge in [-0.2, -0.15) is 0 Å². The van der Waals surface area contributed by atoms with E-state index in [0.29, 0.717) is 4.88 Å². The maximum absolute atomic E-state index is 11.8. The molecule has 1 atom stereocenters. The van der Waals surface area contributed by atoms with Crippen molar-refractivity contribution in [2.24, 2.45) is 0 Å². The van der Waals surface area contributed by atoms with Crippen LogP contribution < -0.4 is 0 Å². The number of thiophene rings is 1. The van der Waals surface area contributed by atoms with Gasteiger partial charge in [-0.05, 0) is 30.2 Å². The molecule has 0 saturated heterocycles. The number of hydrogen-bond donors (Lipinski definition) is 1.